The summed E-state index contributed by atoms with van der Waals surface area (Å²) >= 11 is 0. The number of amides is 1. The average Bonchev–Trinajstić information content (AvgIpc) is 3.09. The van der Waals surface area contributed by atoms with E-state index in [0.29, 0.717) is 19.1 Å². The highest BCUT2D eigenvalue weighted by molar-refractivity contribution is 14.0. The second-order valence-corrected chi connectivity index (χ2v) is 6.38. The second kappa shape index (κ2) is 13.7. The van der Waals surface area contributed by atoms with Crippen LogP contribution in [0.4, 0.5) is 0 Å². The summed E-state index contributed by atoms with van der Waals surface area (Å²) < 4.78 is 2.02. The predicted molar refractivity (Wildman–Crippen MR) is 121 cm³/mol. The van der Waals surface area contributed by atoms with Crippen LogP contribution in [0.2, 0.25) is 0 Å². The number of halogens is 1. The van der Waals surface area contributed by atoms with Gasteiger partial charge in [0.25, 0.3) is 0 Å². The second-order valence-electron chi connectivity index (χ2n) is 6.38. The summed E-state index contributed by atoms with van der Waals surface area (Å²) in [6.07, 6.45) is 3.58. The van der Waals surface area contributed by atoms with Crippen LogP contribution in [-0.2, 0) is 17.8 Å². The van der Waals surface area contributed by atoms with Gasteiger partial charge >= 0.3 is 0 Å². The average molecular weight is 493 g/mol. The third kappa shape index (κ3) is 8.44. The maximum Gasteiger partial charge on any atom is 0.242 e. The monoisotopic (exact) mass is 493 g/mol. The molecule has 0 spiro atoms. The summed E-state index contributed by atoms with van der Waals surface area (Å²) in [5, 5.41) is 11.5. The van der Waals surface area contributed by atoms with Crippen LogP contribution >= 0.6 is 24.0 Å². The first-order valence-electron chi connectivity index (χ1n) is 9.63. The van der Waals surface area contributed by atoms with Crippen LogP contribution in [0.25, 0.3) is 0 Å². The van der Waals surface area contributed by atoms with Gasteiger partial charge in [0.15, 0.2) is 5.96 Å². The lowest BCUT2D eigenvalue weighted by Crippen LogP contribution is -2.48. The van der Waals surface area contributed by atoms with Gasteiger partial charge in [0.2, 0.25) is 5.91 Å². The van der Waals surface area contributed by atoms with E-state index in [0.717, 1.165) is 44.3 Å². The standard InChI is InChI=1S/C18H35N7O.HI/c1-7-15(5)21-18(23(6)13-17(26)24(9-3)10-4)19-11-12-25-14-20-22-16(25)8-2;/h14-15H,7-13H2,1-6H3,(H,19,21);1H. The molecule has 1 aromatic heterocycles. The summed E-state index contributed by atoms with van der Waals surface area (Å²) in [7, 11) is 1.91. The van der Waals surface area contributed by atoms with E-state index < -0.39 is 0 Å². The SMILES string of the molecule is CCc1nncn1CCN=C(NC(C)CC)N(C)CC(=O)N(CC)CC.I. The molecule has 8 nitrogen and oxygen atoms in total. The molecule has 0 aliphatic heterocycles. The number of carbonyl (C=O) groups is 1. The van der Waals surface area contributed by atoms with Gasteiger partial charge in [-0.2, -0.15) is 0 Å². The molecular weight excluding hydrogens is 457 g/mol. The molecule has 0 bridgehead atoms. The van der Waals surface area contributed by atoms with E-state index in [9.17, 15) is 4.79 Å². The maximum absolute atomic E-state index is 12.4. The highest BCUT2D eigenvalue weighted by atomic mass is 127. The Hall–Kier alpha value is -1.39. The first-order chi connectivity index (χ1) is 12.5. The molecule has 1 aromatic rings. The zero-order valence-electron chi connectivity index (χ0n) is 17.6. The molecule has 0 aliphatic carbocycles. The minimum absolute atomic E-state index is 0. The molecular formula is C18H36IN7O. The highest BCUT2D eigenvalue weighted by Crippen LogP contribution is 1.99. The van der Waals surface area contributed by atoms with E-state index in [4.69, 9.17) is 4.99 Å². The van der Waals surface area contributed by atoms with Crippen LogP contribution in [0.1, 0.15) is 46.9 Å². The van der Waals surface area contributed by atoms with Gasteiger partial charge in [-0.05, 0) is 27.2 Å². The predicted octanol–water partition coefficient (Wildman–Crippen LogP) is 2.00. The summed E-state index contributed by atoms with van der Waals surface area (Å²) in [4.78, 5) is 20.8. The molecule has 0 saturated heterocycles. The van der Waals surface area contributed by atoms with E-state index >= 15 is 0 Å². The zero-order valence-corrected chi connectivity index (χ0v) is 19.9. The number of aliphatic imine (C=N–C) groups is 1. The van der Waals surface area contributed by atoms with E-state index in [1.165, 1.54) is 0 Å². The first-order valence-corrected chi connectivity index (χ1v) is 9.63. The van der Waals surface area contributed by atoms with Crippen molar-refractivity contribution in [2.24, 2.45) is 4.99 Å². The Labute approximate surface area is 180 Å². The van der Waals surface area contributed by atoms with Crippen molar-refractivity contribution < 1.29 is 4.79 Å². The van der Waals surface area contributed by atoms with Crippen molar-refractivity contribution in [3.8, 4) is 0 Å². The fourth-order valence-electron chi connectivity index (χ4n) is 2.56. The minimum Gasteiger partial charge on any atom is -0.354 e. The Bertz CT molecular complexity index is 572. The zero-order chi connectivity index (χ0) is 19.5. The van der Waals surface area contributed by atoms with Crippen molar-refractivity contribution in [2.45, 2.75) is 60.0 Å². The molecule has 27 heavy (non-hydrogen) atoms. The number of nitrogens with zero attached hydrogens (tertiary/aromatic N) is 6. The minimum atomic E-state index is 0. The number of rotatable bonds is 10. The Morgan fingerprint density at radius 2 is 1.96 bits per heavy atom. The largest absolute Gasteiger partial charge is 0.354 e. The molecule has 1 amide bonds. The summed E-state index contributed by atoms with van der Waals surface area (Å²) in [6, 6.07) is 0.292. The van der Waals surface area contributed by atoms with Gasteiger partial charge in [0, 0.05) is 39.1 Å². The van der Waals surface area contributed by atoms with Gasteiger partial charge in [-0.1, -0.05) is 13.8 Å². The number of nitrogens with one attached hydrogen (secondary N) is 1. The number of carbonyl (C=O) groups excluding carboxylic acids is 1. The van der Waals surface area contributed by atoms with Crippen LogP contribution in [0.5, 0.6) is 0 Å². The molecule has 0 radical (unpaired) electrons. The van der Waals surface area contributed by atoms with Gasteiger partial charge in [-0.15, -0.1) is 34.2 Å². The molecule has 0 fully saturated rings. The van der Waals surface area contributed by atoms with Gasteiger partial charge in [0.1, 0.15) is 12.2 Å². The lowest BCUT2D eigenvalue weighted by molar-refractivity contribution is -0.131. The molecule has 1 heterocycles. The smallest absolute Gasteiger partial charge is 0.242 e. The molecule has 1 rings (SSSR count). The van der Waals surface area contributed by atoms with Crippen molar-refractivity contribution in [1.29, 1.82) is 0 Å². The van der Waals surface area contributed by atoms with Gasteiger partial charge < -0.3 is 19.7 Å². The lowest BCUT2D eigenvalue weighted by atomic mass is 10.3. The Morgan fingerprint density at radius 3 is 2.52 bits per heavy atom. The molecule has 1 unspecified atom stereocenters. The van der Waals surface area contributed by atoms with Crippen LogP contribution < -0.4 is 5.32 Å². The highest BCUT2D eigenvalue weighted by Gasteiger charge is 2.16. The summed E-state index contributed by atoms with van der Waals surface area (Å²) in [5.74, 6) is 1.83. The molecule has 1 N–H and O–H groups in total. The van der Waals surface area contributed by atoms with Crippen LogP contribution in [0.15, 0.2) is 11.3 Å². The van der Waals surface area contributed by atoms with E-state index in [1.54, 1.807) is 6.33 Å². The Balaban J connectivity index is 0.00000676. The van der Waals surface area contributed by atoms with E-state index in [2.05, 4.69) is 36.3 Å². The molecule has 0 saturated carbocycles. The molecule has 1 atom stereocenters. The summed E-state index contributed by atoms with van der Waals surface area (Å²) in [5.41, 5.74) is 0. The van der Waals surface area contributed by atoms with Crippen LogP contribution in [-0.4, -0.2) is 75.7 Å². The maximum atomic E-state index is 12.4. The number of likely N-dealkylation sites (N-methyl/N-ethyl adjacent to an activating group) is 2. The molecule has 0 aliphatic rings. The number of aromatic nitrogens is 3. The molecule has 156 valence electrons. The Morgan fingerprint density at radius 1 is 1.30 bits per heavy atom. The van der Waals surface area contributed by atoms with E-state index in [-0.39, 0.29) is 29.9 Å². The quantitative estimate of drug-likeness (QED) is 0.307. The summed E-state index contributed by atoms with van der Waals surface area (Å²) in [6.45, 7) is 13.4. The van der Waals surface area contributed by atoms with Crippen molar-refractivity contribution in [3.05, 3.63) is 12.2 Å². The normalized spacial score (nSPS) is 12.3. The van der Waals surface area contributed by atoms with Crippen LogP contribution in [0, 0.1) is 0 Å². The van der Waals surface area contributed by atoms with Gasteiger partial charge in [-0.3, -0.25) is 9.79 Å². The molecule has 9 heteroatoms. The third-order valence-electron chi connectivity index (χ3n) is 4.45. The number of aryl methyl sites for hydroxylation is 1. The van der Waals surface area contributed by atoms with Gasteiger partial charge in [0.05, 0.1) is 13.1 Å². The number of guanidine groups is 1. The number of hydrogen-bond acceptors (Lipinski definition) is 4. The third-order valence-corrected chi connectivity index (χ3v) is 4.45. The van der Waals surface area contributed by atoms with E-state index in [1.807, 2.05) is 35.3 Å². The fraction of sp³-hybridized carbons (Fsp3) is 0.778. The molecule has 0 aromatic carbocycles. The lowest BCUT2D eigenvalue weighted by Gasteiger charge is -2.27. The Kier molecular flexibility index (Phi) is 13.0. The van der Waals surface area contributed by atoms with Gasteiger partial charge in [-0.25, -0.2) is 0 Å². The van der Waals surface area contributed by atoms with Crippen molar-refractivity contribution in [3.63, 3.8) is 0 Å². The topological polar surface area (TPSA) is 78.6 Å². The van der Waals surface area contributed by atoms with Crippen molar-refractivity contribution in [1.82, 2.24) is 29.9 Å². The number of hydrogen-bond donors (Lipinski definition) is 1. The van der Waals surface area contributed by atoms with Crippen molar-refractivity contribution in [2.75, 3.05) is 33.2 Å². The van der Waals surface area contributed by atoms with Crippen molar-refractivity contribution >= 4 is 35.8 Å². The first kappa shape index (κ1) is 25.6. The fourth-order valence-corrected chi connectivity index (χ4v) is 2.56. The van der Waals surface area contributed by atoms with Crippen LogP contribution in [0.3, 0.4) is 0 Å².